The van der Waals surface area contributed by atoms with Crippen LogP contribution >= 0.6 is 11.8 Å². The van der Waals surface area contributed by atoms with E-state index < -0.39 is 5.97 Å². The largest absolute Gasteiger partial charge is 0.476 e. The Hall–Kier alpha value is -1.10. The summed E-state index contributed by atoms with van der Waals surface area (Å²) in [6.45, 7) is 2.11. The van der Waals surface area contributed by atoms with Crippen LogP contribution in [-0.4, -0.2) is 26.8 Å². The van der Waals surface area contributed by atoms with Crippen molar-refractivity contribution >= 4 is 17.7 Å². The number of hydrogen-bond acceptors (Lipinski definition) is 4. The fourth-order valence-corrected chi connectivity index (χ4v) is 1.78. The Morgan fingerprint density at radius 3 is 3.00 bits per heavy atom. The van der Waals surface area contributed by atoms with Crippen LogP contribution in [0, 0.1) is 0 Å². The first-order valence-corrected chi connectivity index (χ1v) is 5.40. The number of rotatable bonds is 5. The fraction of sp³-hybridized carbons (Fsp3) is 0.444. The van der Waals surface area contributed by atoms with Gasteiger partial charge >= 0.3 is 5.97 Å². The summed E-state index contributed by atoms with van der Waals surface area (Å²) in [6, 6.07) is 0. The minimum atomic E-state index is -1.03. The van der Waals surface area contributed by atoms with E-state index in [4.69, 9.17) is 5.11 Å². The van der Waals surface area contributed by atoms with Gasteiger partial charge in [-0.15, -0.1) is 11.8 Å². The van der Waals surface area contributed by atoms with Crippen LogP contribution in [-0.2, 0) is 0 Å². The molecule has 1 aromatic rings. The average molecular weight is 212 g/mol. The fourth-order valence-electron chi connectivity index (χ4n) is 0.842. The molecule has 0 amide bonds. The highest BCUT2D eigenvalue weighted by Gasteiger charge is 2.05. The minimum Gasteiger partial charge on any atom is -0.476 e. The molecule has 0 fully saturated rings. The summed E-state index contributed by atoms with van der Waals surface area (Å²) in [4.78, 5) is 18.3. The molecule has 1 heterocycles. The third-order valence-electron chi connectivity index (χ3n) is 1.58. The number of unbranched alkanes of at least 4 members (excludes halogenated alkanes) is 1. The Bertz CT molecular complexity index is 317. The molecule has 0 bridgehead atoms. The molecule has 4 nitrogen and oxygen atoms in total. The van der Waals surface area contributed by atoms with Gasteiger partial charge in [0.15, 0.2) is 5.69 Å². The van der Waals surface area contributed by atoms with Gasteiger partial charge in [-0.25, -0.2) is 9.78 Å². The Labute approximate surface area is 86.8 Å². The standard InChI is InChI=1S/C9H12N2O2S/c1-2-3-4-14-8-6-10-5-7(11-8)9(12)13/h5-6H,2-4H2,1H3,(H,12,13). The Morgan fingerprint density at radius 1 is 1.57 bits per heavy atom. The lowest BCUT2D eigenvalue weighted by atomic mass is 10.4. The van der Waals surface area contributed by atoms with Crippen molar-refractivity contribution in [1.82, 2.24) is 9.97 Å². The van der Waals surface area contributed by atoms with Crippen LogP contribution in [0.1, 0.15) is 30.3 Å². The zero-order chi connectivity index (χ0) is 10.4. The van der Waals surface area contributed by atoms with Gasteiger partial charge < -0.3 is 5.11 Å². The molecule has 5 heteroatoms. The van der Waals surface area contributed by atoms with Crippen LogP contribution in [0.5, 0.6) is 0 Å². The van der Waals surface area contributed by atoms with E-state index in [1.165, 1.54) is 18.0 Å². The Kier molecular flexibility index (Phi) is 4.39. The summed E-state index contributed by atoms with van der Waals surface area (Å²) in [7, 11) is 0. The number of aromatic nitrogens is 2. The van der Waals surface area contributed by atoms with Crippen molar-refractivity contribution in [2.45, 2.75) is 24.8 Å². The molecule has 0 aliphatic heterocycles. The highest BCUT2D eigenvalue weighted by molar-refractivity contribution is 7.99. The first-order chi connectivity index (χ1) is 6.74. The molecule has 0 aliphatic rings. The number of carboxylic acids is 1. The lowest BCUT2D eigenvalue weighted by Gasteiger charge is -1.99. The van der Waals surface area contributed by atoms with Crippen molar-refractivity contribution in [3.8, 4) is 0 Å². The van der Waals surface area contributed by atoms with Gasteiger partial charge in [0, 0.05) is 0 Å². The van der Waals surface area contributed by atoms with E-state index in [9.17, 15) is 4.79 Å². The lowest BCUT2D eigenvalue weighted by Crippen LogP contribution is -2.01. The van der Waals surface area contributed by atoms with E-state index >= 15 is 0 Å². The second-order valence-corrected chi connectivity index (χ2v) is 3.86. The van der Waals surface area contributed by atoms with Crippen molar-refractivity contribution in [3.63, 3.8) is 0 Å². The summed E-state index contributed by atoms with van der Waals surface area (Å²) in [5, 5.41) is 9.35. The highest BCUT2D eigenvalue weighted by Crippen LogP contribution is 2.15. The minimum absolute atomic E-state index is 0.00602. The number of thioether (sulfide) groups is 1. The maximum absolute atomic E-state index is 10.6. The molecular formula is C9H12N2O2S. The van der Waals surface area contributed by atoms with E-state index in [1.807, 2.05) is 0 Å². The molecule has 0 unspecified atom stereocenters. The van der Waals surface area contributed by atoms with Crippen LogP contribution in [0.3, 0.4) is 0 Å². The number of carboxylic acid groups (broad SMARTS) is 1. The topological polar surface area (TPSA) is 63.1 Å². The summed E-state index contributed by atoms with van der Waals surface area (Å²) in [6.07, 6.45) is 5.07. The molecule has 0 saturated heterocycles. The van der Waals surface area contributed by atoms with Crippen molar-refractivity contribution in [2.24, 2.45) is 0 Å². The van der Waals surface area contributed by atoms with Gasteiger partial charge in [0.05, 0.1) is 12.4 Å². The average Bonchev–Trinajstić information content (AvgIpc) is 2.19. The molecular weight excluding hydrogens is 200 g/mol. The number of nitrogens with zero attached hydrogens (tertiary/aromatic N) is 2. The van der Waals surface area contributed by atoms with Crippen LogP contribution in [0.25, 0.3) is 0 Å². The Morgan fingerprint density at radius 2 is 2.36 bits per heavy atom. The van der Waals surface area contributed by atoms with Gasteiger partial charge in [0.25, 0.3) is 0 Å². The molecule has 0 aliphatic carbocycles. The first-order valence-electron chi connectivity index (χ1n) is 4.42. The maximum Gasteiger partial charge on any atom is 0.356 e. The zero-order valence-corrected chi connectivity index (χ0v) is 8.75. The van der Waals surface area contributed by atoms with Crippen LogP contribution in [0.4, 0.5) is 0 Å². The molecule has 14 heavy (non-hydrogen) atoms. The molecule has 0 spiro atoms. The maximum atomic E-state index is 10.6. The van der Waals surface area contributed by atoms with Crippen molar-refractivity contribution < 1.29 is 9.90 Å². The van der Waals surface area contributed by atoms with Gasteiger partial charge in [-0.2, -0.15) is 0 Å². The van der Waals surface area contributed by atoms with Crippen molar-refractivity contribution in [3.05, 3.63) is 18.1 Å². The lowest BCUT2D eigenvalue weighted by molar-refractivity contribution is 0.0689. The summed E-state index contributed by atoms with van der Waals surface area (Å²) >= 11 is 1.54. The molecule has 0 aromatic carbocycles. The first kappa shape index (κ1) is 11.0. The smallest absolute Gasteiger partial charge is 0.356 e. The van der Waals surface area contributed by atoms with Gasteiger partial charge in [-0.3, -0.25) is 4.98 Å². The number of aromatic carboxylic acids is 1. The van der Waals surface area contributed by atoms with Gasteiger partial charge in [0.2, 0.25) is 0 Å². The molecule has 0 radical (unpaired) electrons. The quantitative estimate of drug-likeness (QED) is 0.598. The van der Waals surface area contributed by atoms with Gasteiger partial charge in [-0.1, -0.05) is 13.3 Å². The van der Waals surface area contributed by atoms with E-state index in [0.29, 0.717) is 5.03 Å². The predicted molar refractivity (Wildman–Crippen MR) is 54.6 cm³/mol. The Balaban J connectivity index is 2.59. The zero-order valence-electron chi connectivity index (χ0n) is 7.93. The number of hydrogen-bond donors (Lipinski definition) is 1. The van der Waals surface area contributed by atoms with Gasteiger partial charge in [-0.05, 0) is 12.2 Å². The summed E-state index contributed by atoms with van der Waals surface area (Å²) in [5.74, 6) is -0.0794. The predicted octanol–water partition coefficient (Wildman–Crippen LogP) is 2.07. The number of carbonyl (C=O) groups is 1. The van der Waals surface area contributed by atoms with Gasteiger partial charge in [0.1, 0.15) is 5.03 Å². The second-order valence-electron chi connectivity index (χ2n) is 2.75. The van der Waals surface area contributed by atoms with Crippen molar-refractivity contribution in [1.29, 1.82) is 0 Å². The van der Waals surface area contributed by atoms with Crippen LogP contribution in [0.2, 0.25) is 0 Å². The highest BCUT2D eigenvalue weighted by atomic mass is 32.2. The van der Waals surface area contributed by atoms with E-state index in [-0.39, 0.29) is 5.69 Å². The summed E-state index contributed by atoms with van der Waals surface area (Å²) < 4.78 is 0. The van der Waals surface area contributed by atoms with Crippen molar-refractivity contribution in [2.75, 3.05) is 5.75 Å². The third-order valence-corrected chi connectivity index (χ3v) is 2.56. The molecule has 0 atom stereocenters. The van der Waals surface area contributed by atoms with Crippen LogP contribution in [0.15, 0.2) is 17.4 Å². The molecule has 0 saturated carbocycles. The molecule has 76 valence electrons. The van der Waals surface area contributed by atoms with E-state index in [2.05, 4.69) is 16.9 Å². The molecule has 1 aromatic heterocycles. The molecule has 1 N–H and O–H groups in total. The second kappa shape index (κ2) is 5.59. The van der Waals surface area contributed by atoms with Crippen LogP contribution < -0.4 is 0 Å². The normalized spacial score (nSPS) is 10.1. The van der Waals surface area contributed by atoms with E-state index in [1.54, 1.807) is 6.20 Å². The third kappa shape index (κ3) is 3.33. The summed E-state index contributed by atoms with van der Waals surface area (Å²) in [5.41, 5.74) is 0.00602. The molecule has 1 rings (SSSR count). The monoisotopic (exact) mass is 212 g/mol. The van der Waals surface area contributed by atoms with E-state index in [0.717, 1.165) is 18.6 Å². The SMILES string of the molecule is CCCCSc1cncc(C(=O)O)n1.